The van der Waals surface area contributed by atoms with Crippen LogP contribution < -0.4 is 5.32 Å². The van der Waals surface area contributed by atoms with E-state index in [1.165, 1.54) is 0 Å². The predicted molar refractivity (Wildman–Crippen MR) is 95.3 cm³/mol. The number of aromatic nitrogens is 2. The van der Waals surface area contributed by atoms with Gasteiger partial charge in [0.15, 0.2) is 5.76 Å². The number of nitrogens with zero attached hydrogens (tertiary/aromatic N) is 2. The third-order valence-corrected chi connectivity index (χ3v) is 4.73. The van der Waals surface area contributed by atoms with Crippen LogP contribution in [0, 0.1) is 0 Å². The summed E-state index contributed by atoms with van der Waals surface area (Å²) in [7, 11) is 0. The molecule has 5 nitrogen and oxygen atoms in total. The SMILES string of the molecule is Clc1ccccc1CNC1(Cc2cc(-c3ccccn3)on2)COC1. The molecule has 4 rings (SSSR count). The normalized spacial score (nSPS) is 15.7. The Morgan fingerprint density at radius 3 is 2.68 bits per heavy atom. The highest BCUT2D eigenvalue weighted by Crippen LogP contribution is 2.26. The first-order valence-electron chi connectivity index (χ1n) is 8.17. The molecule has 0 atom stereocenters. The van der Waals surface area contributed by atoms with Crippen LogP contribution in [0.2, 0.25) is 5.02 Å². The topological polar surface area (TPSA) is 60.2 Å². The lowest BCUT2D eigenvalue weighted by atomic mass is 9.90. The molecule has 3 heterocycles. The molecule has 128 valence electrons. The van der Waals surface area contributed by atoms with Crippen molar-refractivity contribution >= 4 is 11.6 Å². The molecule has 0 bridgehead atoms. The van der Waals surface area contributed by atoms with E-state index in [9.17, 15) is 0 Å². The highest BCUT2D eigenvalue weighted by atomic mass is 35.5. The fraction of sp³-hybridized carbons (Fsp3) is 0.263. The molecule has 6 heteroatoms. The minimum absolute atomic E-state index is 0.141. The molecule has 0 radical (unpaired) electrons. The minimum Gasteiger partial charge on any atom is -0.377 e. The highest BCUT2D eigenvalue weighted by Gasteiger charge is 2.39. The number of ether oxygens (including phenoxy) is 1. The van der Waals surface area contributed by atoms with Crippen LogP contribution in [0.15, 0.2) is 59.3 Å². The largest absolute Gasteiger partial charge is 0.377 e. The van der Waals surface area contributed by atoms with E-state index in [0.29, 0.717) is 25.5 Å². The Morgan fingerprint density at radius 1 is 1.12 bits per heavy atom. The van der Waals surface area contributed by atoms with Crippen LogP contribution in [-0.2, 0) is 17.7 Å². The summed E-state index contributed by atoms with van der Waals surface area (Å²) in [5.41, 5.74) is 2.60. The van der Waals surface area contributed by atoms with Gasteiger partial charge in [-0.25, -0.2) is 0 Å². The van der Waals surface area contributed by atoms with E-state index < -0.39 is 0 Å². The van der Waals surface area contributed by atoms with Crippen molar-refractivity contribution < 1.29 is 9.26 Å². The van der Waals surface area contributed by atoms with Gasteiger partial charge < -0.3 is 14.6 Å². The smallest absolute Gasteiger partial charge is 0.185 e. The van der Waals surface area contributed by atoms with E-state index in [2.05, 4.69) is 15.5 Å². The van der Waals surface area contributed by atoms with Gasteiger partial charge >= 0.3 is 0 Å². The van der Waals surface area contributed by atoms with Crippen molar-refractivity contribution in [1.29, 1.82) is 0 Å². The molecule has 1 saturated heterocycles. The van der Waals surface area contributed by atoms with Crippen LogP contribution in [0.4, 0.5) is 0 Å². The summed E-state index contributed by atoms with van der Waals surface area (Å²) in [4.78, 5) is 4.29. The lowest BCUT2D eigenvalue weighted by Crippen LogP contribution is -2.61. The second-order valence-electron chi connectivity index (χ2n) is 6.29. The molecule has 2 aromatic heterocycles. The Kier molecular flexibility index (Phi) is 4.53. The molecule has 1 N–H and O–H groups in total. The molecule has 1 fully saturated rings. The summed E-state index contributed by atoms with van der Waals surface area (Å²) in [5.74, 6) is 0.678. The van der Waals surface area contributed by atoms with E-state index in [1.54, 1.807) is 6.20 Å². The molecule has 3 aromatic rings. The Balaban J connectivity index is 1.45. The van der Waals surface area contributed by atoms with Crippen LogP contribution in [0.3, 0.4) is 0 Å². The van der Waals surface area contributed by atoms with Gasteiger partial charge in [-0.2, -0.15) is 0 Å². The number of hydrogen-bond acceptors (Lipinski definition) is 5. The van der Waals surface area contributed by atoms with Crippen molar-refractivity contribution in [3.8, 4) is 11.5 Å². The van der Waals surface area contributed by atoms with Crippen molar-refractivity contribution in [3.63, 3.8) is 0 Å². The lowest BCUT2D eigenvalue weighted by Gasteiger charge is -2.42. The monoisotopic (exact) mass is 355 g/mol. The van der Waals surface area contributed by atoms with Gasteiger partial charge in [-0.05, 0) is 23.8 Å². The zero-order valence-electron chi connectivity index (χ0n) is 13.6. The summed E-state index contributed by atoms with van der Waals surface area (Å²) in [6.45, 7) is 1.97. The van der Waals surface area contributed by atoms with Gasteiger partial charge in [0.2, 0.25) is 0 Å². The predicted octanol–water partition coefficient (Wildman–Crippen LogP) is 3.49. The molecular weight excluding hydrogens is 338 g/mol. The van der Waals surface area contributed by atoms with E-state index in [4.69, 9.17) is 20.9 Å². The number of rotatable bonds is 6. The minimum atomic E-state index is -0.141. The summed E-state index contributed by atoms with van der Waals surface area (Å²) in [6, 6.07) is 15.5. The van der Waals surface area contributed by atoms with Crippen molar-refractivity contribution in [1.82, 2.24) is 15.5 Å². The summed E-state index contributed by atoms with van der Waals surface area (Å²) in [6.07, 6.45) is 2.47. The van der Waals surface area contributed by atoms with Gasteiger partial charge in [-0.15, -0.1) is 0 Å². The Morgan fingerprint density at radius 2 is 1.96 bits per heavy atom. The average Bonchev–Trinajstić information content (AvgIpc) is 3.08. The third-order valence-electron chi connectivity index (χ3n) is 4.36. The Labute approximate surface area is 151 Å². The molecule has 1 aliphatic heterocycles. The first kappa shape index (κ1) is 16.3. The van der Waals surface area contributed by atoms with Gasteiger partial charge in [0.05, 0.1) is 24.4 Å². The van der Waals surface area contributed by atoms with Crippen LogP contribution in [0.5, 0.6) is 0 Å². The summed E-state index contributed by atoms with van der Waals surface area (Å²) in [5, 5.41) is 8.54. The first-order chi connectivity index (χ1) is 12.2. The third kappa shape index (κ3) is 3.58. The second-order valence-corrected chi connectivity index (χ2v) is 6.70. The molecule has 1 aromatic carbocycles. The van der Waals surface area contributed by atoms with E-state index in [0.717, 1.165) is 28.4 Å². The Hall–Kier alpha value is -2.21. The van der Waals surface area contributed by atoms with Crippen LogP contribution >= 0.6 is 11.6 Å². The van der Waals surface area contributed by atoms with E-state index in [1.807, 2.05) is 48.5 Å². The molecule has 0 aliphatic carbocycles. The van der Waals surface area contributed by atoms with Gasteiger partial charge in [-0.1, -0.05) is 41.0 Å². The molecule has 25 heavy (non-hydrogen) atoms. The first-order valence-corrected chi connectivity index (χ1v) is 8.55. The quantitative estimate of drug-likeness (QED) is 0.733. The molecule has 0 unspecified atom stereocenters. The maximum absolute atomic E-state index is 6.24. The number of pyridine rings is 1. The summed E-state index contributed by atoms with van der Waals surface area (Å²) < 4.78 is 10.9. The van der Waals surface area contributed by atoms with Crippen molar-refractivity contribution in [2.75, 3.05) is 13.2 Å². The molecule has 0 spiro atoms. The standard InChI is InChI=1S/C19H18ClN3O2/c20-16-6-2-1-5-14(16)11-22-19(12-24-13-19)10-15-9-18(25-23-15)17-7-3-4-8-21-17/h1-9,22H,10-13H2. The fourth-order valence-electron chi connectivity index (χ4n) is 2.91. The molecule has 0 saturated carbocycles. The van der Waals surface area contributed by atoms with Crippen molar-refractivity contribution in [2.45, 2.75) is 18.5 Å². The van der Waals surface area contributed by atoms with Crippen LogP contribution in [-0.4, -0.2) is 28.9 Å². The number of hydrogen-bond donors (Lipinski definition) is 1. The van der Waals surface area contributed by atoms with E-state index in [-0.39, 0.29) is 5.54 Å². The van der Waals surface area contributed by atoms with Crippen LogP contribution in [0.25, 0.3) is 11.5 Å². The van der Waals surface area contributed by atoms with Crippen molar-refractivity contribution in [3.05, 3.63) is 71.0 Å². The van der Waals surface area contributed by atoms with Crippen LogP contribution in [0.1, 0.15) is 11.3 Å². The van der Waals surface area contributed by atoms with Gasteiger partial charge in [0.1, 0.15) is 5.69 Å². The zero-order chi connectivity index (χ0) is 17.1. The maximum atomic E-state index is 6.24. The molecular formula is C19H18ClN3O2. The van der Waals surface area contributed by atoms with Crippen molar-refractivity contribution in [2.24, 2.45) is 0 Å². The van der Waals surface area contributed by atoms with Gasteiger partial charge in [0, 0.05) is 30.3 Å². The summed E-state index contributed by atoms with van der Waals surface area (Å²) >= 11 is 6.24. The number of benzene rings is 1. The van der Waals surface area contributed by atoms with Gasteiger partial charge in [0.25, 0.3) is 0 Å². The Bertz CT molecular complexity index is 847. The number of halogens is 1. The molecule has 1 aliphatic rings. The average molecular weight is 356 g/mol. The van der Waals surface area contributed by atoms with Gasteiger partial charge in [-0.3, -0.25) is 4.98 Å². The number of nitrogens with one attached hydrogen (secondary N) is 1. The second kappa shape index (κ2) is 6.96. The lowest BCUT2D eigenvalue weighted by molar-refractivity contribution is -0.0755. The maximum Gasteiger partial charge on any atom is 0.185 e. The fourth-order valence-corrected chi connectivity index (χ4v) is 3.11. The highest BCUT2D eigenvalue weighted by molar-refractivity contribution is 6.31. The zero-order valence-corrected chi connectivity index (χ0v) is 14.4. The van der Waals surface area contributed by atoms with E-state index >= 15 is 0 Å². The molecule has 0 amide bonds.